The maximum atomic E-state index is 11.1. The molecule has 0 aliphatic carbocycles. The lowest BCUT2D eigenvalue weighted by Gasteiger charge is -2.02. The van der Waals surface area contributed by atoms with Crippen LogP contribution in [0.15, 0.2) is 12.4 Å². The molecule has 1 aromatic rings. The molecule has 0 aliphatic heterocycles. The van der Waals surface area contributed by atoms with Gasteiger partial charge in [0.15, 0.2) is 5.56 Å². The van der Waals surface area contributed by atoms with E-state index in [0.717, 1.165) is 0 Å². The molecule has 1 atom stereocenters. The quantitative estimate of drug-likeness (QED) is 0.517. The van der Waals surface area contributed by atoms with Gasteiger partial charge >= 0.3 is 5.97 Å². The lowest BCUT2D eigenvalue weighted by atomic mass is 10.4. The predicted octanol–water partition coefficient (Wildman–Crippen LogP) is 1.16. The zero-order valence-corrected chi connectivity index (χ0v) is 7.58. The fourth-order valence-corrected chi connectivity index (χ4v) is 0.823. The minimum atomic E-state index is -0.613. The number of aromatic nitrogens is 2. The zero-order chi connectivity index (χ0) is 9.14. The Balaban J connectivity index is 2.65. The number of hydrogen-bond acceptors (Lipinski definition) is 3. The van der Waals surface area contributed by atoms with Crippen LogP contribution in [-0.4, -0.2) is 21.3 Å². The number of rotatable bonds is 2. The molecule has 1 unspecified atom stereocenters. The third-order valence-corrected chi connectivity index (χ3v) is 1.30. The second kappa shape index (κ2) is 3.58. The fourth-order valence-electron chi connectivity index (χ4n) is 0.742. The molecule has 0 saturated heterocycles. The van der Waals surface area contributed by atoms with Gasteiger partial charge in [0.1, 0.15) is 0 Å². The van der Waals surface area contributed by atoms with Crippen molar-refractivity contribution in [3.8, 4) is 0 Å². The van der Waals surface area contributed by atoms with Gasteiger partial charge in [-0.25, -0.2) is 4.79 Å². The van der Waals surface area contributed by atoms with E-state index >= 15 is 0 Å². The summed E-state index contributed by atoms with van der Waals surface area (Å²) in [5.41, 5.74) is -0.206. The van der Waals surface area contributed by atoms with Crippen LogP contribution in [0, 0.1) is 0 Å². The number of carbonyl (C=O) groups is 1. The second-order valence-corrected chi connectivity index (χ2v) is 2.97. The van der Waals surface area contributed by atoms with Crippen LogP contribution in [0.3, 0.4) is 0 Å². The molecule has 0 spiro atoms. The van der Waals surface area contributed by atoms with E-state index < -0.39 is 11.5 Å². The lowest BCUT2D eigenvalue weighted by Crippen LogP contribution is -2.08. The Kier molecular flexibility index (Phi) is 2.70. The Morgan fingerprint density at radius 2 is 2.50 bits per heavy atom. The average Bonchev–Trinajstić information content (AvgIpc) is 2.34. The minimum absolute atomic E-state index is 0.407. The smallest absolute Gasteiger partial charge is 0.342 e. The number of halogens is 1. The molecule has 0 radical (unpaired) electrons. The summed E-state index contributed by atoms with van der Waals surface area (Å²) >= 11 is 5.46. The van der Waals surface area contributed by atoms with E-state index in [2.05, 4.69) is 5.10 Å². The molecule has 1 aromatic heterocycles. The summed E-state index contributed by atoms with van der Waals surface area (Å²) in [7, 11) is 1.72. The normalized spacial score (nSPS) is 12.6. The van der Waals surface area contributed by atoms with Crippen molar-refractivity contribution in [1.29, 1.82) is 0 Å². The van der Waals surface area contributed by atoms with Crippen LogP contribution < -0.4 is 0 Å². The van der Waals surface area contributed by atoms with E-state index in [4.69, 9.17) is 16.3 Å². The first-order chi connectivity index (χ1) is 5.59. The predicted molar refractivity (Wildman–Crippen MR) is 43.9 cm³/mol. The number of ether oxygens (including phenoxy) is 1. The summed E-state index contributed by atoms with van der Waals surface area (Å²) in [6, 6.07) is 0. The molecule has 0 amide bonds. The number of carbonyl (C=O) groups excluding carboxylic acids is 1. The molecule has 1 rings (SSSR count). The lowest BCUT2D eigenvalue weighted by molar-refractivity contribution is 0.0472. The van der Waals surface area contributed by atoms with Gasteiger partial charge in [0.2, 0.25) is 0 Å². The van der Waals surface area contributed by atoms with Gasteiger partial charge in [0.05, 0.1) is 11.8 Å². The molecule has 0 saturated carbocycles. The number of nitrogens with zero attached hydrogens (tertiary/aromatic N) is 2. The van der Waals surface area contributed by atoms with Crippen molar-refractivity contribution in [2.75, 3.05) is 0 Å². The first kappa shape index (κ1) is 9.06. The topological polar surface area (TPSA) is 44.1 Å². The van der Waals surface area contributed by atoms with Gasteiger partial charge in [-0.15, -0.1) is 0 Å². The monoisotopic (exact) mass is 188 g/mol. The van der Waals surface area contributed by atoms with E-state index in [-0.39, 0.29) is 0 Å². The fraction of sp³-hybridized carbons (Fsp3) is 0.429. The molecule has 1 heterocycles. The molecule has 0 fully saturated rings. The zero-order valence-electron chi connectivity index (χ0n) is 6.82. The molecule has 0 N–H and O–H groups in total. The van der Waals surface area contributed by atoms with Crippen molar-refractivity contribution >= 4 is 17.6 Å². The van der Waals surface area contributed by atoms with E-state index in [0.29, 0.717) is 5.56 Å². The van der Waals surface area contributed by atoms with Crippen LogP contribution in [0.25, 0.3) is 0 Å². The summed E-state index contributed by atoms with van der Waals surface area (Å²) in [4.78, 5) is 11.1. The average molecular weight is 189 g/mol. The number of hydrogen-bond donors (Lipinski definition) is 0. The Morgan fingerprint density at radius 3 is 2.92 bits per heavy atom. The van der Waals surface area contributed by atoms with Crippen molar-refractivity contribution < 1.29 is 9.53 Å². The highest BCUT2D eigenvalue weighted by molar-refractivity contribution is 6.20. The van der Waals surface area contributed by atoms with Crippen LogP contribution in [0.5, 0.6) is 0 Å². The molecule has 0 aromatic carbocycles. The number of aryl methyl sites for hydroxylation is 1. The van der Waals surface area contributed by atoms with Gasteiger partial charge in [-0.1, -0.05) is 11.6 Å². The molecule has 0 bridgehead atoms. The molecule has 66 valence electrons. The second-order valence-electron chi connectivity index (χ2n) is 2.35. The highest BCUT2D eigenvalue weighted by Gasteiger charge is 2.11. The highest BCUT2D eigenvalue weighted by atomic mass is 35.5. The van der Waals surface area contributed by atoms with Crippen LogP contribution in [0.1, 0.15) is 17.3 Å². The van der Waals surface area contributed by atoms with Gasteiger partial charge in [-0.05, 0) is 6.92 Å². The van der Waals surface area contributed by atoms with E-state index in [1.807, 2.05) is 0 Å². The third-order valence-electron chi connectivity index (χ3n) is 1.21. The summed E-state index contributed by atoms with van der Waals surface area (Å²) < 4.78 is 6.25. The first-order valence-corrected chi connectivity index (χ1v) is 3.87. The molecule has 4 nitrogen and oxygen atoms in total. The van der Waals surface area contributed by atoms with Gasteiger partial charge < -0.3 is 4.74 Å². The Labute approximate surface area is 75.1 Å². The summed E-state index contributed by atoms with van der Waals surface area (Å²) in [6.07, 6.45) is 3.00. The van der Waals surface area contributed by atoms with Crippen molar-refractivity contribution in [2.24, 2.45) is 7.05 Å². The van der Waals surface area contributed by atoms with Crippen LogP contribution in [0.2, 0.25) is 0 Å². The molecule has 0 aliphatic rings. The SMILES string of the molecule is CC(Cl)OC(=O)c1cnn(C)c1. The molecular formula is C7H9ClN2O2. The van der Waals surface area contributed by atoms with E-state index in [9.17, 15) is 4.79 Å². The largest absolute Gasteiger partial charge is 0.443 e. The Bertz CT molecular complexity index is 283. The van der Waals surface area contributed by atoms with Gasteiger partial charge in [0.25, 0.3) is 0 Å². The summed E-state index contributed by atoms with van der Waals surface area (Å²) in [5.74, 6) is -0.453. The van der Waals surface area contributed by atoms with Gasteiger partial charge in [-0.3, -0.25) is 4.68 Å². The molecular weight excluding hydrogens is 180 g/mol. The van der Waals surface area contributed by atoms with Gasteiger partial charge in [-0.2, -0.15) is 5.10 Å². The maximum absolute atomic E-state index is 11.1. The third kappa shape index (κ3) is 2.23. The van der Waals surface area contributed by atoms with Crippen molar-refractivity contribution in [2.45, 2.75) is 12.5 Å². The Morgan fingerprint density at radius 1 is 1.83 bits per heavy atom. The molecule has 12 heavy (non-hydrogen) atoms. The highest BCUT2D eigenvalue weighted by Crippen LogP contribution is 2.04. The summed E-state index contributed by atoms with van der Waals surface area (Å²) in [5, 5.41) is 3.82. The molecule has 5 heteroatoms. The van der Waals surface area contributed by atoms with Crippen molar-refractivity contribution in [3.63, 3.8) is 0 Å². The standard InChI is InChI=1S/C7H9ClN2O2/c1-5(8)12-7(11)6-3-9-10(2)4-6/h3-5H,1-2H3. The first-order valence-electron chi connectivity index (χ1n) is 3.43. The van der Waals surface area contributed by atoms with Crippen molar-refractivity contribution in [3.05, 3.63) is 18.0 Å². The van der Waals surface area contributed by atoms with Crippen LogP contribution >= 0.6 is 11.6 Å². The number of esters is 1. The van der Waals surface area contributed by atoms with Crippen molar-refractivity contribution in [1.82, 2.24) is 9.78 Å². The van der Waals surface area contributed by atoms with Crippen LogP contribution in [0.4, 0.5) is 0 Å². The van der Waals surface area contributed by atoms with Crippen LogP contribution in [-0.2, 0) is 11.8 Å². The van der Waals surface area contributed by atoms with Gasteiger partial charge in [0, 0.05) is 13.2 Å². The number of alkyl halides is 1. The maximum Gasteiger partial charge on any atom is 0.342 e. The minimum Gasteiger partial charge on any atom is -0.443 e. The Hall–Kier alpha value is -1.03. The summed E-state index contributed by atoms with van der Waals surface area (Å²) in [6.45, 7) is 1.58. The van der Waals surface area contributed by atoms with E-state index in [1.54, 1.807) is 20.2 Å². The van der Waals surface area contributed by atoms with E-state index in [1.165, 1.54) is 10.9 Å².